The van der Waals surface area contributed by atoms with Crippen molar-refractivity contribution in [3.63, 3.8) is 0 Å². The molecule has 92 valence electrons. The zero-order chi connectivity index (χ0) is 12.8. The molecule has 1 aromatic carbocycles. The number of nitrogens with one attached hydrogen (secondary N) is 1. The fraction of sp³-hybridized carbons (Fsp3) is 0.357. The summed E-state index contributed by atoms with van der Waals surface area (Å²) in [4.78, 5) is 11.9. The molecule has 0 heterocycles. The summed E-state index contributed by atoms with van der Waals surface area (Å²) in [6, 6.07) is 7.46. The maximum atomic E-state index is 11.9. The predicted molar refractivity (Wildman–Crippen MR) is 71.9 cm³/mol. The molecule has 3 heteroatoms. The zero-order valence-corrected chi connectivity index (χ0v) is 11.2. The molecule has 0 radical (unpaired) electrons. The number of hydrogen-bond donors (Lipinski definition) is 1. The Bertz CT molecular complexity index is 407. The monoisotopic (exact) mass is 251 g/mol. The van der Waals surface area contributed by atoms with Crippen LogP contribution >= 0.6 is 11.6 Å². The van der Waals surface area contributed by atoms with E-state index in [2.05, 4.69) is 5.32 Å². The number of carbonyl (C=O) groups excluding carboxylic acids is 1. The summed E-state index contributed by atoms with van der Waals surface area (Å²) in [5.41, 5.74) is 1.86. The molecule has 1 N–H and O–H groups in total. The van der Waals surface area contributed by atoms with E-state index in [1.165, 1.54) is 0 Å². The van der Waals surface area contributed by atoms with Crippen LogP contribution in [0.1, 0.15) is 26.3 Å². The number of halogens is 1. The molecule has 0 saturated carbocycles. The summed E-state index contributed by atoms with van der Waals surface area (Å²) in [7, 11) is 0. The van der Waals surface area contributed by atoms with Crippen molar-refractivity contribution in [1.82, 2.24) is 5.32 Å². The lowest BCUT2D eigenvalue weighted by Crippen LogP contribution is -2.26. The van der Waals surface area contributed by atoms with Gasteiger partial charge >= 0.3 is 0 Å². The highest BCUT2D eigenvalue weighted by atomic mass is 35.5. The number of amides is 1. The minimum absolute atomic E-state index is 0.00236. The van der Waals surface area contributed by atoms with Crippen LogP contribution < -0.4 is 5.32 Å². The molecule has 0 atom stereocenters. The van der Waals surface area contributed by atoms with Crippen molar-refractivity contribution in [2.45, 2.75) is 27.3 Å². The first-order valence-corrected chi connectivity index (χ1v) is 6.11. The molecule has 0 spiro atoms. The van der Waals surface area contributed by atoms with Gasteiger partial charge in [-0.3, -0.25) is 4.79 Å². The Labute approximate surface area is 108 Å². The molecule has 0 bridgehead atoms. The van der Waals surface area contributed by atoms with E-state index in [1.54, 1.807) is 0 Å². The Morgan fingerprint density at radius 1 is 1.35 bits per heavy atom. The second-order valence-corrected chi connectivity index (χ2v) is 4.64. The van der Waals surface area contributed by atoms with Gasteiger partial charge in [-0.15, -0.1) is 0 Å². The van der Waals surface area contributed by atoms with Gasteiger partial charge in [0.1, 0.15) is 0 Å². The van der Waals surface area contributed by atoms with Gasteiger partial charge in [0.25, 0.3) is 0 Å². The van der Waals surface area contributed by atoms with Crippen LogP contribution in [0, 0.1) is 5.92 Å². The molecule has 0 unspecified atom stereocenters. The first-order chi connectivity index (χ1) is 8.04. The first-order valence-electron chi connectivity index (χ1n) is 5.73. The highest BCUT2D eigenvalue weighted by molar-refractivity contribution is 6.30. The van der Waals surface area contributed by atoms with E-state index in [4.69, 9.17) is 11.6 Å². The van der Waals surface area contributed by atoms with Gasteiger partial charge in [0.05, 0.1) is 0 Å². The zero-order valence-electron chi connectivity index (χ0n) is 10.5. The van der Waals surface area contributed by atoms with Gasteiger partial charge in [-0.05, 0) is 30.5 Å². The molecule has 0 aliphatic rings. The van der Waals surface area contributed by atoms with E-state index in [1.807, 2.05) is 51.1 Å². The second kappa shape index (κ2) is 6.45. The molecule has 2 nitrogen and oxygen atoms in total. The Hall–Kier alpha value is -1.28. The van der Waals surface area contributed by atoms with Gasteiger partial charge in [-0.25, -0.2) is 0 Å². The van der Waals surface area contributed by atoms with Gasteiger partial charge in [0.2, 0.25) is 5.91 Å². The number of rotatable bonds is 4. The van der Waals surface area contributed by atoms with Crippen LogP contribution in [-0.4, -0.2) is 5.91 Å². The average Bonchev–Trinajstić information content (AvgIpc) is 2.28. The van der Waals surface area contributed by atoms with Crippen LogP contribution in [0.2, 0.25) is 5.02 Å². The molecule has 17 heavy (non-hydrogen) atoms. The van der Waals surface area contributed by atoms with E-state index in [-0.39, 0.29) is 11.8 Å². The van der Waals surface area contributed by atoms with Gasteiger partial charge in [0, 0.05) is 17.1 Å². The van der Waals surface area contributed by atoms with Gasteiger partial charge in [0.15, 0.2) is 0 Å². The van der Waals surface area contributed by atoms with Crippen LogP contribution in [0.5, 0.6) is 0 Å². The summed E-state index contributed by atoms with van der Waals surface area (Å²) in [5.74, 6) is 0.239. The van der Waals surface area contributed by atoms with Crippen molar-refractivity contribution in [2.24, 2.45) is 5.92 Å². The van der Waals surface area contributed by atoms with Crippen LogP contribution in [0.25, 0.3) is 0 Å². The molecular weight excluding hydrogens is 234 g/mol. The van der Waals surface area contributed by atoms with E-state index >= 15 is 0 Å². The number of allylic oxidation sites excluding steroid dienone is 1. The van der Waals surface area contributed by atoms with E-state index < -0.39 is 0 Å². The Balaban J connectivity index is 2.56. The van der Waals surface area contributed by atoms with Crippen molar-refractivity contribution in [1.29, 1.82) is 0 Å². The highest BCUT2D eigenvalue weighted by Gasteiger charge is 2.11. The minimum Gasteiger partial charge on any atom is -0.348 e. The second-order valence-electron chi connectivity index (χ2n) is 4.21. The van der Waals surface area contributed by atoms with E-state index in [0.29, 0.717) is 11.6 Å². The fourth-order valence-corrected chi connectivity index (χ4v) is 1.74. The summed E-state index contributed by atoms with van der Waals surface area (Å²) in [5, 5.41) is 3.61. The van der Waals surface area contributed by atoms with Crippen LogP contribution in [0.15, 0.2) is 35.9 Å². The highest BCUT2D eigenvalue weighted by Crippen LogP contribution is 2.11. The minimum atomic E-state index is -0.00236. The van der Waals surface area contributed by atoms with Crippen molar-refractivity contribution in [3.8, 4) is 0 Å². The summed E-state index contributed by atoms with van der Waals surface area (Å²) in [6.45, 7) is 6.44. The molecular formula is C14H18ClNO. The number of benzene rings is 1. The van der Waals surface area contributed by atoms with Crippen LogP contribution in [0.3, 0.4) is 0 Å². The molecule has 0 aliphatic carbocycles. The lowest BCUT2D eigenvalue weighted by molar-refractivity contribution is -0.118. The SMILES string of the molecule is C/C=C(\C(=O)NCc1ccc(Cl)cc1)C(C)C. The summed E-state index contributed by atoms with van der Waals surface area (Å²) in [6.07, 6.45) is 1.86. The summed E-state index contributed by atoms with van der Waals surface area (Å²) >= 11 is 5.79. The maximum absolute atomic E-state index is 11.9. The smallest absolute Gasteiger partial charge is 0.247 e. The van der Waals surface area contributed by atoms with E-state index in [9.17, 15) is 4.79 Å². The first kappa shape index (κ1) is 13.8. The van der Waals surface area contributed by atoms with Gasteiger partial charge in [-0.2, -0.15) is 0 Å². The topological polar surface area (TPSA) is 29.1 Å². The third-order valence-corrected chi connectivity index (χ3v) is 2.81. The molecule has 0 aliphatic heterocycles. The molecule has 1 amide bonds. The summed E-state index contributed by atoms with van der Waals surface area (Å²) < 4.78 is 0. The lowest BCUT2D eigenvalue weighted by atomic mass is 10.0. The predicted octanol–water partition coefficient (Wildman–Crippen LogP) is 3.56. The van der Waals surface area contributed by atoms with Crippen LogP contribution in [0.4, 0.5) is 0 Å². The molecule has 0 saturated heterocycles. The molecule has 1 rings (SSSR count). The van der Waals surface area contributed by atoms with Crippen molar-refractivity contribution in [3.05, 3.63) is 46.5 Å². The largest absolute Gasteiger partial charge is 0.348 e. The molecule has 1 aromatic rings. The maximum Gasteiger partial charge on any atom is 0.247 e. The van der Waals surface area contributed by atoms with Crippen molar-refractivity contribution in [2.75, 3.05) is 0 Å². The fourth-order valence-electron chi connectivity index (χ4n) is 1.61. The number of hydrogen-bond acceptors (Lipinski definition) is 1. The average molecular weight is 252 g/mol. The third-order valence-electron chi connectivity index (χ3n) is 2.56. The van der Waals surface area contributed by atoms with Crippen LogP contribution in [-0.2, 0) is 11.3 Å². The normalized spacial score (nSPS) is 11.7. The standard InChI is InChI=1S/C14H18ClNO/c1-4-13(10(2)3)14(17)16-9-11-5-7-12(15)8-6-11/h4-8,10H,9H2,1-3H3,(H,16,17)/b13-4-. The van der Waals surface area contributed by atoms with Gasteiger partial charge in [-0.1, -0.05) is 43.7 Å². The van der Waals surface area contributed by atoms with Crippen molar-refractivity contribution < 1.29 is 4.79 Å². The van der Waals surface area contributed by atoms with E-state index in [0.717, 1.165) is 11.1 Å². The Kier molecular flexibility index (Phi) is 5.23. The quantitative estimate of drug-likeness (QED) is 0.815. The Morgan fingerprint density at radius 2 is 1.94 bits per heavy atom. The number of carbonyl (C=O) groups is 1. The lowest BCUT2D eigenvalue weighted by Gasteiger charge is -2.11. The van der Waals surface area contributed by atoms with Gasteiger partial charge < -0.3 is 5.32 Å². The molecule has 0 fully saturated rings. The van der Waals surface area contributed by atoms with Crippen molar-refractivity contribution >= 4 is 17.5 Å². The molecule has 0 aromatic heterocycles. The third kappa shape index (κ3) is 4.23. The Morgan fingerprint density at radius 3 is 2.41 bits per heavy atom.